The summed E-state index contributed by atoms with van der Waals surface area (Å²) in [6.07, 6.45) is 1.35. The fraction of sp³-hybridized carbons (Fsp3) is 0.395. The van der Waals surface area contributed by atoms with Gasteiger partial charge in [0.05, 0.1) is 5.69 Å². The third-order valence-electron chi connectivity index (χ3n) is 9.64. The van der Waals surface area contributed by atoms with Gasteiger partial charge in [-0.05, 0) is 55.2 Å². The van der Waals surface area contributed by atoms with E-state index in [4.69, 9.17) is 4.74 Å². The third kappa shape index (κ3) is 8.65. The van der Waals surface area contributed by atoms with Gasteiger partial charge in [-0.3, -0.25) is 24.0 Å². The van der Waals surface area contributed by atoms with Gasteiger partial charge in [-0.15, -0.1) is 0 Å². The maximum Gasteiger partial charge on any atom is 0.258 e. The van der Waals surface area contributed by atoms with Crippen LogP contribution in [0.1, 0.15) is 30.9 Å². The molecule has 12 nitrogen and oxygen atoms in total. The molecule has 2 bridgehead atoms. The van der Waals surface area contributed by atoms with Gasteiger partial charge in [0.25, 0.3) is 5.91 Å². The first-order valence-electron chi connectivity index (χ1n) is 17.4. The van der Waals surface area contributed by atoms with E-state index in [1.165, 1.54) is 17.9 Å². The van der Waals surface area contributed by atoms with Gasteiger partial charge in [0.15, 0.2) is 6.61 Å². The van der Waals surface area contributed by atoms with E-state index in [-0.39, 0.29) is 31.2 Å². The number of carbonyl (C=O) groups is 5. The molecule has 5 amide bonds. The Balaban J connectivity index is 1.21. The van der Waals surface area contributed by atoms with E-state index < -0.39 is 47.8 Å². The number of hydrogen-bond donors (Lipinski definition) is 3. The van der Waals surface area contributed by atoms with Crippen LogP contribution in [-0.4, -0.2) is 103 Å². The largest absolute Gasteiger partial charge is 0.484 e. The molecule has 3 aromatic carbocycles. The van der Waals surface area contributed by atoms with Gasteiger partial charge >= 0.3 is 0 Å². The van der Waals surface area contributed by atoms with Crippen LogP contribution in [0.4, 0.5) is 10.1 Å². The van der Waals surface area contributed by atoms with Gasteiger partial charge in [0.1, 0.15) is 35.7 Å². The molecule has 13 heteroatoms. The number of para-hydroxylation sites is 1. The summed E-state index contributed by atoms with van der Waals surface area (Å²) < 4.78 is 20.2. The summed E-state index contributed by atoms with van der Waals surface area (Å²) >= 11 is 0. The van der Waals surface area contributed by atoms with E-state index in [1.807, 2.05) is 35.2 Å². The number of halogens is 1. The predicted molar refractivity (Wildman–Crippen MR) is 187 cm³/mol. The molecule has 2 fully saturated rings. The first kappa shape index (κ1) is 35.4. The van der Waals surface area contributed by atoms with Crippen LogP contribution >= 0.6 is 0 Å². The quantitative estimate of drug-likeness (QED) is 0.378. The van der Waals surface area contributed by atoms with E-state index in [1.54, 1.807) is 47.4 Å². The van der Waals surface area contributed by atoms with E-state index in [0.717, 1.165) is 11.1 Å². The zero-order valence-corrected chi connectivity index (χ0v) is 28.6. The van der Waals surface area contributed by atoms with Crippen LogP contribution in [0, 0.1) is 5.82 Å². The van der Waals surface area contributed by atoms with Gasteiger partial charge in [-0.2, -0.15) is 0 Å². The predicted octanol–water partition coefficient (Wildman–Crippen LogP) is 1.82. The first-order chi connectivity index (χ1) is 24.7. The van der Waals surface area contributed by atoms with Crippen LogP contribution in [0.5, 0.6) is 5.75 Å². The van der Waals surface area contributed by atoms with Crippen molar-refractivity contribution in [2.45, 2.75) is 56.8 Å². The molecule has 4 aliphatic heterocycles. The van der Waals surface area contributed by atoms with Crippen molar-refractivity contribution in [3.63, 3.8) is 0 Å². The number of nitrogens with zero attached hydrogens (tertiary/aromatic N) is 3. The topological polar surface area (TPSA) is 140 Å². The highest BCUT2D eigenvalue weighted by Gasteiger charge is 2.39. The van der Waals surface area contributed by atoms with Crippen molar-refractivity contribution >= 4 is 35.2 Å². The highest BCUT2D eigenvalue weighted by molar-refractivity contribution is 5.96. The van der Waals surface area contributed by atoms with Crippen molar-refractivity contribution in [1.82, 2.24) is 25.8 Å². The molecule has 0 saturated carbocycles. The Morgan fingerprint density at radius 3 is 2.25 bits per heavy atom. The van der Waals surface area contributed by atoms with Crippen LogP contribution in [-0.2, 0) is 36.8 Å². The Morgan fingerprint density at radius 2 is 1.53 bits per heavy atom. The number of carbonyl (C=O) groups excluding carboxylic acids is 5. The van der Waals surface area contributed by atoms with E-state index in [0.29, 0.717) is 57.0 Å². The molecule has 3 N–H and O–H groups in total. The van der Waals surface area contributed by atoms with Gasteiger partial charge in [0, 0.05) is 45.6 Å². The lowest BCUT2D eigenvalue weighted by molar-refractivity contribution is -0.142. The molecule has 2 saturated heterocycles. The number of anilines is 1. The Morgan fingerprint density at radius 1 is 0.824 bits per heavy atom. The van der Waals surface area contributed by atoms with E-state index >= 15 is 0 Å². The third-order valence-corrected chi connectivity index (χ3v) is 9.64. The lowest BCUT2D eigenvalue weighted by Crippen LogP contribution is -2.59. The number of fused-ring (bicyclic) bond motifs is 13. The van der Waals surface area contributed by atoms with Gasteiger partial charge < -0.3 is 35.4 Å². The summed E-state index contributed by atoms with van der Waals surface area (Å²) in [5.74, 6) is -2.13. The van der Waals surface area contributed by atoms with Crippen LogP contribution in [0.15, 0.2) is 78.9 Å². The summed E-state index contributed by atoms with van der Waals surface area (Å²) in [4.78, 5) is 73.2. The van der Waals surface area contributed by atoms with Crippen molar-refractivity contribution in [2.75, 3.05) is 44.2 Å². The van der Waals surface area contributed by atoms with E-state index in [2.05, 4.69) is 16.0 Å². The molecule has 0 unspecified atom stereocenters. The second-order valence-electron chi connectivity index (χ2n) is 13.2. The van der Waals surface area contributed by atoms with Crippen LogP contribution < -0.4 is 25.6 Å². The minimum Gasteiger partial charge on any atom is -0.484 e. The first-order valence-corrected chi connectivity index (χ1v) is 17.4. The molecule has 0 aromatic heterocycles. The second-order valence-corrected chi connectivity index (χ2v) is 13.2. The fourth-order valence-electron chi connectivity index (χ4n) is 6.86. The molecule has 268 valence electrons. The molecule has 3 aromatic rings. The van der Waals surface area contributed by atoms with E-state index in [9.17, 15) is 28.4 Å². The van der Waals surface area contributed by atoms with Gasteiger partial charge in [0.2, 0.25) is 23.6 Å². The normalized spacial score (nSPS) is 23.6. The van der Waals surface area contributed by atoms with Crippen LogP contribution in [0.25, 0.3) is 0 Å². The van der Waals surface area contributed by atoms with Crippen LogP contribution in [0.3, 0.4) is 0 Å². The standard InChI is InChI=1S/C38H43FN6O6/c1-25-35(47)42-30(37(49)44-20-18-43(19-21-44)32-11-6-5-10-29(32)39)23-27-13-15-28(16-14-27)51-24-34(46)41-31(22-26-8-3-2-4-9-26)38(50)45-17-7-12-33(45)36(48)40-25/h2-6,8-11,13-16,25,30-31,33H,7,12,17-24H2,1H3,(H,40,48)(H,41,46)(H,42,47)/t25-,30-,31+,33+/m0/s1. The Kier molecular flexibility index (Phi) is 11.1. The molecule has 4 atom stereocenters. The van der Waals surface area contributed by atoms with Crippen molar-refractivity contribution < 1.29 is 33.1 Å². The molecule has 51 heavy (non-hydrogen) atoms. The highest BCUT2D eigenvalue weighted by Crippen LogP contribution is 2.22. The van der Waals surface area contributed by atoms with Gasteiger partial charge in [-0.1, -0.05) is 54.6 Å². The lowest BCUT2D eigenvalue weighted by atomic mass is 10.0. The molecule has 0 spiro atoms. The zero-order valence-electron chi connectivity index (χ0n) is 28.6. The number of hydrogen-bond acceptors (Lipinski definition) is 7. The lowest BCUT2D eigenvalue weighted by Gasteiger charge is -2.38. The molecule has 7 rings (SSSR count). The maximum atomic E-state index is 14.4. The number of rotatable bonds is 4. The molecule has 4 heterocycles. The molecule has 0 radical (unpaired) electrons. The Hall–Kier alpha value is -5.46. The molecule has 0 aliphatic carbocycles. The highest BCUT2D eigenvalue weighted by atomic mass is 19.1. The number of benzene rings is 3. The number of piperazine rings is 1. The fourth-order valence-corrected chi connectivity index (χ4v) is 6.86. The second kappa shape index (κ2) is 16.0. The minimum absolute atomic E-state index is 0.158. The minimum atomic E-state index is -1.01. The summed E-state index contributed by atoms with van der Waals surface area (Å²) in [6, 6.07) is 18.9. The van der Waals surface area contributed by atoms with Gasteiger partial charge in [-0.25, -0.2) is 4.39 Å². The van der Waals surface area contributed by atoms with Crippen molar-refractivity contribution in [1.29, 1.82) is 0 Å². The Bertz CT molecular complexity index is 1730. The summed E-state index contributed by atoms with van der Waals surface area (Å²) in [5.41, 5.74) is 2.05. The molecule has 4 aliphatic rings. The summed E-state index contributed by atoms with van der Waals surface area (Å²) in [5, 5.41) is 8.43. The van der Waals surface area contributed by atoms with Crippen molar-refractivity contribution in [2.24, 2.45) is 0 Å². The molecular formula is C38H43FN6O6. The van der Waals surface area contributed by atoms with Crippen molar-refractivity contribution in [3.8, 4) is 5.75 Å². The zero-order chi connectivity index (χ0) is 35.9. The summed E-state index contributed by atoms with van der Waals surface area (Å²) in [7, 11) is 0. The maximum absolute atomic E-state index is 14.4. The Labute approximate surface area is 296 Å². The number of ether oxygens (including phenoxy) is 1. The molecular weight excluding hydrogens is 655 g/mol. The number of nitrogens with one attached hydrogen (secondary N) is 3. The monoisotopic (exact) mass is 698 g/mol. The average Bonchev–Trinajstić information content (AvgIpc) is 3.64. The van der Waals surface area contributed by atoms with Crippen LogP contribution in [0.2, 0.25) is 0 Å². The van der Waals surface area contributed by atoms with Crippen molar-refractivity contribution in [3.05, 3.63) is 95.8 Å². The summed E-state index contributed by atoms with van der Waals surface area (Å²) in [6.45, 7) is 3.02. The average molecular weight is 699 g/mol. The number of amides is 5. The smallest absolute Gasteiger partial charge is 0.258 e. The SMILES string of the molecule is C[C@@H]1NC(=O)[C@H]2CCCN2C(=O)[C@@H](Cc2ccccc2)NC(=O)COc2ccc(cc2)C[C@@H](C(=O)N2CCN(c3ccccc3F)CC2)NC1=O.